The fraction of sp³-hybridized carbons (Fsp3) is 0.147. The Morgan fingerprint density at radius 3 is 2.30 bits per heavy atom. The molecule has 0 aromatic heterocycles. The Morgan fingerprint density at radius 2 is 1.59 bits per heavy atom. The number of hydrogen-bond donors (Lipinski definition) is 1. The van der Waals surface area contributed by atoms with Crippen molar-refractivity contribution in [2.45, 2.75) is 27.1 Å². The Labute approximate surface area is 268 Å². The van der Waals surface area contributed by atoms with Gasteiger partial charge in [0.05, 0.1) is 16.8 Å². The summed E-state index contributed by atoms with van der Waals surface area (Å²) in [5.41, 5.74) is 3.63. The molecule has 1 fully saturated rings. The minimum Gasteiger partial charge on any atom is -0.490 e. The minimum atomic E-state index is -0.844. The molecule has 0 radical (unpaired) electrons. The van der Waals surface area contributed by atoms with E-state index in [1.807, 2.05) is 50.2 Å². The number of halogens is 2. The van der Waals surface area contributed by atoms with E-state index in [0.717, 1.165) is 21.6 Å². The molecular formula is C34H28BrClN2O6. The van der Waals surface area contributed by atoms with Crippen molar-refractivity contribution in [1.82, 2.24) is 5.32 Å². The van der Waals surface area contributed by atoms with Gasteiger partial charge in [-0.25, -0.2) is 9.69 Å². The molecule has 0 bridgehead atoms. The van der Waals surface area contributed by atoms with Gasteiger partial charge < -0.3 is 14.2 Å². The van der Waals surface area contributed by atoms with Crippen LogP contribution in [0.15, 0.2) is 95.0 Å². The number of barbiturate groups is 1. The number of benzene rings is 4. The zero-order valence-corrected chi connectivity index (χ0v) is 26.3. The van der Waals surface area contributed by atoms with Crippen LogP contribution < -0.4 is 24.4 Å². The first kappa shape index (κ1) is 30.8. The molecule has 0 saturated carbocycles. The highest BCUT2D eigenvalue weighted by atomic mass is 79.9. The van der Waals surface area contributed by atoms with Gasteiger partial charge in [-0.3, -0.25) is 14.9 Å². The maximum absolute atomic E-state index is 13.5. The Kier molecular flexibility index (Phi) is 9.67. The zero-order valence-electron chi connectivity index (χ0n) is 23.9. The summed E-state index contributed by atoms with van der Waals surface area (Å²) in [7, 11) is 0. The van der Waals surface area contributed by atoms with E-state index in [0.29, 0.717) is 52.1 Å². The first-order chi connectivity index (χ1) is 21.2. The largest absolute Gasteiger partial charge is 0.490 e. The third-order valence-electron chi connectivity index (χ3n) is 6.62. The van der Waals surface area contributed by atoms with Crippen LogP contribution in [0.4, 0.5) is 10.5 Å². The summed E-state index contributed by atoms with van der Waals surface area (Å²) < 4.78 is 18.3. The zero-order chi connectivity index (χ0) is 31.2. The van der Waals surface area contributed by atoms with Gasteiger partial charge in [-0.05, 0) is 101 Å². The fourth-order valence-corrected chi connectivity index (χ4v) is 5.23. The van der Waals surface area contributed by atoms with E-state index in [2.05, 4.69) is 21.2 Å². The molecule has 4 amide bonds. The fourth-order valence-electron chi connectivity index (χ4n) is 4.53. The number of carbonyl (C=O) groups is 3. The molecule has 224 valence electrons. The first-order valence-corrected chi connectivity index (χ1v) is 14.9. The molecule has 0 spiro atoms. The number of imide groups is 2. The lowest BCUT2D eigenvalue weighted by Crippen LogP contribution is -2.54. The maximum atomic E-state index is 13.5. The van der Waals surface area contributed by atoms with Gasteiger partial charge in [0, 0.05) is 5.02 Å². The Bertz CT molecular complexity index is 1740. The van der Waals surface area contributed by atoms with Crippen molar-refractivity contribution >= 4 is 57.1 Å². The summed E-state index contributed by atoms with van der Waals surface area (Å²) in [6.07, 6.45) is 1.41. The van der Waals surface area contributed by atoms with E-state index in [4.69, 9.17) is 25.8 Å². The Morgan fingerprint density at radius 1 is 0.864 bits per heavy atom. The summed E-state index contributed by atoms with van der Waals surface area (Å²) >= 11 is 9.48. The number of anilines is 1. The van der Waals surface area contributed by atoms with E-state index in [1.165, 1.54) is 6.08 Å². The second-order valence-corrected chi connectivity index (χ2v) is 11.2. The maximum Gasteiger partial charge on any atom is 0.335 e. The van der Waals surface area contributed by atoms with Crippen molar-refractivity contribution in [3.05, 3.63) is 122 Å². The van der Waals surface area contributed by atoms with Crippen LogP contribution in [0.1, 0.15) is 29.2 Å². The van der Waals surface area contributed by atoms with Crippen LogP contribution in [0.3, 0.4) is 0 Å². The molecule has 44 heavy (non-hydrogen) atoms. The van der Waals surface area contributed by atoms with Crippen molar-refractivity contribution in [3.8, 4) is 17.2 Å². The highest BCUT2D eigenvalue weighted by molar-refractivity contribution is 9.10. The lowest BCUT2D eigenvalue weighted by Gasteiger charge is -2.26. The van der Waals surface area contributed by atoms with Crippen LogP contribution in [0.2, 0.25) is 5.02 Å². The van der Waals surface area contributed by atoms with E-state index in [1.54, 1.807) is 48.5 Å². The molecule has 1 aliphatic heterocycles. The number of nitrogens with zero attached hydrogens (tertiary/aromatic N) is 1. The molecule has 0 atom stereocenters. The Balaban J connectivity index is 1.35. The van der Waals surface area contributed by atoms with Gasteiger partial charge in [0.15, 0.2) is 11.5 Å². The monoisotopic (exact) mass is 674 g/mol. The first-order valence-electron chi connectivity index (χ1n) is 13.7. The van der Waals surface area contributed by atoms with Gasteiger partial charge in [0.2, 0.25) is 0 Å². The molecule has 5 rings (SSSR count). The van der Waals surface area contributed by atoms with E-state index in [9.17, 15) is 14.4 Å². The van der Waals surface area contributed by atoms with Crippen LogP contribution in [-0.2, 0) is 22.8 Å². The SMILES string of the molecule is CCOc1cc(/C=C2\C(=O)NC(=O)N(c3ccc(OCc4ccc(Cl)cc4)cc3)C2=O)cc(Br)c1OCc1cccc(C)c1. The van der Waals surface area contributed by atoms with Crippen molar-refractivity contribution in [2.24, 2.45) is 0 Å². The molecule has 10 heteroatoms. The topological polar surface area (TPSA) is 94.2 Å². The number of amides is 4. The number of ether oxygens (including phenoxy) is 3. The van der Waals surface area contributed by atoms with E-state index in [-0.39, 0.29) is 11.3 Å². The van der Waals surface area contributed by atoms with E-state index >= 15 is 0 Å². The molecule has 1 aliphatic rings. The number of carbonyl (C=O) groups excluding carboxylic acids is 3. The summed E-state index contributed by atoms with van der Waals surface area (Å²) in [6, 6.07) is 24.3. The quantitative estimate of drug-likeness (QED) is 0.137. The molecule has 1 saturated heterocycles. The van der Waals surface area contributed by atoms with Crippen molar-refractivity contribution in [3.63, 3.8) is 0 Å². The Hall–Kier alpha value is -4.60. The van der Waals surface area contributed by atoms with Crippen LogP contribution >= 0.6 is 27.5 Å². The molecular weight excluding hydrogens is 648 g/mol. The average molecular weight is 676 g/mol. The molecule has 4 aromatic rings. The van der Waals surface area contributed by atoms with Crippen LogP contribution in [0, 0.1) is 6.92 Å². The lowest BCUT2D eigenvalue weighted by atomic mass is 10.1. The van der Waals surface area contributed by atoms with Gasteiger partial charge in [-0.2, -0.15) is 0 Å². The number of hydrogen-bond acceptors (Lipinski definition) is 6. The molecule has 8 nitrogen and oxygen atoms in total. The number of urea groups is 1. The van der Waals surface area contributed by atoms with Crippen LogP contribution in [0.25, 0.3) is 6.08 Å². The summed E-state index contributed by atoms with van der Waals surface area (Å²) in [5.74, 6) is -0.0915. The average Bonchev–Trinajstić information content (AvgIpc) is 2.99. The third-order valence-corrected chi connectivity index (χ3v) is 7.46. The number of aryl methyl sites for hydroxylation is 1. The summed E-state index contributed by atoms with van der Waals surface area (Å²) in [5, 5.41) is 2.89. The second kappa shape index (κ2) is 13.8. The van der Waals surface area contributed by atoms with Crippen LogP contribution in [-0.4, -0.2) is 24.5 Å². The van der Waals surface area contributed by atoms with Gasteiger partial charge >= 0.3 is 6.03 Å². The third kappa shape index (κ3) is 7.30. The highest BCUT2D eigenvalue weighted by Gasteiger charge is 2.37. The van der Waals surface area contributed by atoms with Crippen LogP contribution in [0.5, 0.6) is 17.2 Å². The van der Waals surface area contributed by atoms with E-state index < -0.39 is 17.8 Å². The molecule has 1 heterocycles. The minimum absolute atomic E-state index is 0.213. The molecule has 0 unspecified atom stereocenters. The van der Waals surface area contributed by atoms with Crippen molar-refractivity contribution < 1.29 is 28.6 Å². The van der Waals surface area contributed by atoms with Crippen molar-refractivity contribution in [2.75, 3.05) is 11.5 Å². The van der Waals surface area contributed by atoms with Gasteiger partial charge in [-0.1, -0.05) is 53.6 Å². The standard InChI is InChI=1S/C34H28BrClN2O6/c1-3-42-30-18-24(17-29(35)31(30)44-20-23-6-4-5-21(2)15-23)16-28-32(39)37-34(41)38(33(28)40)26-11-13-27(14-12-26)43-19-22-7-9-25(36)10-8-22/h4-18H,3,19-20H2,1-2H3,(H,37,39,41)/b28-16+. The van der Waals surface area contributed by atoms with Crippen molar-refractivity contribution in [1.29, 1.82) is 0 Å². The van der Waals surface area contributed by atoms with Gasteiger partial charge in [0.25, 0.3) is 11.8 Å². The lowest BCUT2D eigenvalue weighted by molar-refractivity contribution is -0.122. The van der Waals surface area contributed by atoms with Gasteiger partial charge in [0.1, 0.15) is 24.5 Å². The number of rotatable bonds is 10. The molecule has 1 N–H and O–H groups in total. The summed E-state index contributed by atoms with van der Waals surface area (Å²) in [6.45, 7) is 4.87. The summed E-state index contributed by atoms with van der Waals surface area (Å²) in [4.78, 5) is 39.9. The molecule has 0 aliphatic carbocycles. The second-order valence-electron chi connectivity index (χ2n) is 9.91. The highest BCUT2D eigenvalue weighted by Crippen LogP contribution is 2.38. The normalized spacial score (nSPS) is 14.0. The number of nitrogens with one attached hydrogen (secondary N) is 1. The predicted molar refractivity (Wildman–Crippen MR) is 172 cm³/mol. The van der Waals surface area contributed by atoms with Gasteiger partial charge in [-0.15, -0.1) is 0 Å². The smallest absolute Gasteiger partial charge is 0.335 e. The molecule has 4 aromatic carbocycles. The predicted octanol–water partition coefficient (Wildman–Crippen LogP) is 7.63.